The van der Waals surface area contributed by atoms with Crippen LogP contribution in [0.2, 0.25) is 5.02 Å². The first kappa shape index (κ1) is 17.1. The summed E-state index contributed by atoms with van der Waals surface area (Å²) in [5.74, 6) is 1.41. The standard InChI is InChI=1S/C15H24ClNO3/c1-3-19-14-9-12(11-17-7-5-6-8-18)13(16)10-15(14)20-4-2/h9-10,17-18H,3-8,11H2,1-2H3. The van der Waals surface area contributed by atoms with Crippen molar-refractivity contribution in [1.29, 1.82) is 0 Å². The van der Waals surface area contributed by atoms with E-state index in [4.69, 9.17) is 26.2 Å². The van der Waals surface area contributed by atoms with Gasteiger partial charge in [-0.2, -0.15) is 0 Å². The molecule has 20 heavy (non-hydrogen) atoms. The van der Waals surface area contributed by atoms with Gasteiger partial charge in [-0.05, 0) is 44.9 Å². The van der Waals surface area contributed by atoms with Gasteiger partial charge in [-0.15, -0.1) is 0 Å². The molecule has 0 fully saturated rings. The van der Waals surface area contributed by atoms with Crippen LogP contribution in [0.25, 0.3) is 0 Å². The van der Waals surface area contributed by atoms with Crippen LogP contribution in [-0.4, -0.2) is 31.5 Å². The molecule has 0 radical (unpaired) electrons. The lowest BCUT2D eigenvalue weighted by Crippen LogP contribution is -2.15. The van der Waals surface area contributed by atoms with E-state index in [0.29, 0.717) is 30.5 Å². The molecule has 114 valence electrons. The van der Waals surface area contributed by atoms with Crippen LogP contribution < -0.4 is 14.8 Å². The number of nitrogens with one attached hydrogen (secondary N) is 1. The second kappa shape index (κ2) is 9.86. The maximum Gasteiger partial charge on any atom is 0.162 e. The quantitative estimate of drug-likeness (QED) is 0.652. The lowest BCUT2D eigenvalue weighted by Gasteiger charge is -2.14. The van der Waals surface area contributed by atoms with E-state index in [1.54, 1.807) is 6.07 Å². The van der Waals surface area contributed by atoms with E-state index in [2.05, 4.69) is 5.32 Å². The number of rotatable bonds is 10. The molecule has 0 aliphatic carbocycles. The van der Waals surface area contributed by atoms with Gasteiger partial charge in [-0.25, -0.2) is 0 Å². The van der Waals surface area contributed by atoms with Gasteiger partial charge < -0.3 is 19.9 Å². The van der Waals surface area contributed by atoms with Gasteiger partial charge >= 0.3 is 0 Å². The van der Waals surface area contributed by atoms with Gasteiger partial charge in [0.25, 0.3) is 0 Å². The number of halogens is 1. The molecule has 0 unspecified atom stereocenters. The van der Waals surface area contributed by atoms with Crippen molar-refractivity contribution in [2.24, 2.45) is 0 Å². The number of aliphatic hydroxyl groups is 1. The monoisotopic (exact) mass is 301 g/mol. The van der Waals surface area contributed by atoms with E-state index in [1.807, 2.05) is 19.9 Å². The molecular formula is C15H24ClNO3. The molecule has 1 rings (SSSR count). The summed E-state index contributed by atoms with van der Waals surface area (Å²) in [6.45, 7) is 6.81. The molecule has 0 spiro atoms. The zero-order valence-corrected chi connectivity index (χ0v) is 13.0. The third kappa shape index (κ3) is 5.57. The zero-order valence-electron chi connectivity index (χ0n) is 12.2. The van der Waals surface area contributed by atoms with Crippen LogP contribution in [0.15, 0.2) is 12.1 Å². The van der Waals surface area contributed by atoms with Crippen molar-refractivity contribution in [2.45, 2.75) is 33.2 Å². The van der Waals surface area contributed by atoms with Gasteiger partial charge in [0.05, 0.1) is 13.2 Å². The highest BCUT2D eigenvalue weighted by Crippen LogP contribution is 2.33. The van der Waals surface area contributed by atoms with Crippen LogP contribution in [0.4, 0.5) is 0 Å². The highest BCUT2D eigenvalue weighted by molar-refractivity contribution is 6.31. The van der Waals surface area contributed by atoms with E-state index in [-0.39, 0.29) is 6.61 Å². The Bertz CT molecular complexity index is 399. The van der Waals surface area contributed by atoms with E-state index >= 15 is 0 Å². The Labute approximate surface area is 126 Å². The van der Waals surface area contributed by atoms with Gasteiger partial charge in [-0.1, -0.05) is 11.6 Å². The van der Waals surface area contributed by atoms with Crippen LogP contribution in [0.5, 0.6) is 11.5 Å². The third-order valence-electron chi connectivity index (χ3n) is 2.79. The van der Waals surface area contributed by atoms with Crippen molar-refractivity contribution in [2.75, 3.05) is 26.4 Å². The molecule has 0 heterocycles. The Hall–Kier alpha value is -0.970. The van der Waals surface area contributed by atoms with E-state index in [9.17, 15) is 0 Å². The largest absolute Gasteiger partial charge is 0.490 e. The molecule has 2 N–H and O–H groups in total. The van der Waals surface area contributed by atoms with Gasteiger partial charge in [0.2, 0.25) is 0 Å². The average Bonchev–Trinajstić information content (AvgIpc) is 2.43. The second-order valence-corrected chi connectivity index (χ2v) is 4.77. The molecule has 0 atom stereocenters. The Morgan fingerprint density at radius 1 is 1.10 bits per heavy atom. The summed E-state index contributed by atoms with van der Waals surface area (Å²) in [5.41, 5.74) is 0.988. The molecule has 0 aliphatic rings. The predicted octanol–water partition coefficient (Wildman–Crippen LogP) is 3.00. The van der Waals surface area contributed by atoms with Crippen molar-refractivity contribution >= 4 is 11.6 Å². The van der Waals surface area contributed by atoms with Crippen LogP contribution in [0.3, 0.4) is 0 Å². The normalized spacial score (nSPS) is 10.6. The lowest BCUT2D eigenvalue weighted by atomic mass is 10.2. The first-order valence-electron chi connectivity index (χ1n) is 7.12. The van der Waals surface area contributed by atoms with E-state index in [1.165, 1.54) is 0 Å². The maximum absolute atomic E-state index is 8.72. The van der Waals surface area contributed by atoms with Crippen molar-refractivity contribution in [1.82, 2.24) is 5.32 Å². The Balaban J connectivity index is 2.67. The first-order chi connectivity index (χ1) is 9.72. The molecular weight excluding hydrogens is 278 g/mol. The van der Waals surface area contributed by atoms with E-state index in [0.717, 1.165) is 30.7 Å². The lowest BCUT2D eigenvalue weighted by molar-refractivity contribution is 0.283. The smallest absolute Gasteiger partial charge is 0.162 e. The summed E-state index contributed by atoms with van der Waals surface area (Å²) in [6, 6.07) is 3.73. The number of benzene rings is 1. The number of hydrogen-bond acceptors (Lipinski definition) is 4. The molecule has 5 heteroatoms. The highest BCUT2D eigenvalue weighted by atomic mass is 35.5. The Kier molecular flexibility index (Phi) is 8.42. The van der Waals surface area contributed by atoms with Gasteiger partial charge in [0.1, 0.15) is 0 Å². The van der Waals surface area contributed by atoms with Crippen molar-refractivity contribution in [3.05, 3.63) is 22.7 Å². The van der Waals surface area contributed by atoms with Crippen LogP contribution >= 0.6 is 11.6 Å². The Morgan fingerprint density at radius 3 is 2.35 bits per heavy atom. The minimum atomic E-state index is 0.236. The molecule has 1 aromatic rings. The topological polar surface area (TPSA) is 50.7 Å². The fourth-order valence-electron chi connectivity index (χ4n) is 1.83. The minimum Gasteiger partial charge on any atom is -0.490 e. The predicted molar refractivity (Wildman–Crippen MR) is 81.8 cm³/mol. The van der Waals surface area contributed by atoms with Gasteiger partial charge in [0.15, 0.2) is 11.5 Å². The minimum absolute atomic E-state index is 0.236. The van der Waals surface area contributed by atoms with Gasteiger partial charge in [-0.3, -0.25) is 0 Å². The molecule has 0 amide bonds. The SMILES string of the molecule is CCOc1cc(Cl)c(CNCCCCO)cc1OCC. The molecule has 0 bridgehead atoms. The van der Waals surface area contributed by atoms with Crippen LogP contribution in [-0.2, 0) is 6.54 Å². The summed E-state index contributed by atoms with van der Waals surface area (Å²) >= 11 is 6.26. The van der Waals surface area contributed by atoms with E-state index < -0.39 is 0 Å². The van der Waals surface area contributed by atoms with Crippen molar-refractivity contribution in [3.8, 4) is 11.5 Å². The summed E-state index contributed by atoms with van der Waals surface area (Å²) in [5, 5.41) is 12.7. The summed E-state index contributed by atoms with van der Waals surface area (Å²) in [6.07, 6.45) is 1.76. The van der Waals surface area contributed by atoms with Crippen molar-refractivity contribution < 1.29 is 14.6 Å². The average molecular weight is 302 g/mol. The molecule has 1 aromatic carbocycles. The molecule has 0 saturated carbocycles. The fourth-order valence-corrected chi connectivity index (χ4v) is 2.05. The summed E-state index contributed by atoms with van der Waals surface area (Å²) in [7, 11) is 0. The third-order valence-corrected chi connectivity index (χ3v) is 3.14. The number of ether oxygens (including phenoxy) is 2. The highest BCUT2D eigenvalue weighted by Gasteiger charge is 2.10. The molecule has 0 aliphatic heterocycles. The number of unbranched alkanes of at least 4 members (excludes halogenated alkanes) is 1. The first-order valence-corrected chi connectivity index (χ1v) is 7.50. The number of aliphatic hydroxyl groups excluding tert-OH is 1. The molecule has 4 nitrogen and oxygen atoms in total. The zero-order chi connectivity index (χ0) is 14.8. The second-order valence-electron chi connectivity index (χ2n) is 4.36. The molecule has 0 aromatic heterocycles. The van der Waals surface area contributed by atoms with Crippen molar-refractivity contribution in [3.63, 3.8) is 0 Å². The number of hydrogen-bond donors (Lipinski definition) is 2. The van der Waals surface area contributed by atoms with Crippen LogP contribution in [0.1, 0.15) is 32.3 Å². The molecule has 0 saturated heterocycles. The fraction of sp³-hybridized carbons (Fsp3) is 0.600. The van der Waals surface area contributed by atoms with Gasteiger partial charge in [0, 0.05) is 24.2 Å². The maximum atomic E-state index is 8.72. The summed E-state index contributed by atoms with van der Waals surface area (Å²) in [4.78, 5) is 0. The summed E-state index contributed by atoms with van der Waals surface area (Å²) < 4.78 is 11.1. The van der Waals surface area contributed by atoms with Crippen LogP contribution in [0, 0.1) is 0 Å². The Morgan fingerprint density at radius 2 is 1.75 bits per heavy atom.